The first kappa shape index (κ1) is 17.9. The second-order valence-corrected chi connectivity index (χ2v) is 7.73. The minimum absolute atomic E-state index is 0.0882. The van der Waals surface area contributed by atoms with Gasteiger partial charge in [0.1, 0.15) is 5.82 Å². The van der Waals surface area contributed by atoms with Crippen molar-refractivity contribution in [2.45, 2.75) is 31.9 Å². The number of rotatable bonds is 5. The summed E-state index contributed by atoms with van der Waals surface area (Å²) in [6.07, 6.45) is 1.93. The molecule has 0 bridgehead atoms. The first-order valence-corrected chi connectivity index (χ1v) is 9.53. The van der Waals surface area contributed by atoms with E-state index in [1.807, 2.05) is 6.92 Å². The van der Waals surface area contributed by atoms with E-state index in [2.05, 4.69) is 0 Å². The summed E-state index contributed by atoms with van der Waals surface area (Å²) in [6, 6.07) is 5.50. The summed E-state index contributed by atoms with van der Waals surface area (Å²) in [7, 11) is -3.46. The molecule has 1 aliphatic rings. The highest BCUT2D eigenvalue weighted by molar-refractivity contribution is 7.88. The van der Waals surface area contributed by atoms with E-state index in [-0.39, 0.29) is 17.5 Å². The number of hydrogen-bond acceptors (Lipinski definition) is 3. The zero-order valence-electron chi connectivity index (χ0n) is 13.4. The molecular formula is C16H23FN2O3S. The fraction of sp³-hybridized carbons (Fsp3) is 0.562. The van der Waals surface area contributed by atoms with Crippen LogP contribution in [0.5, 0.6) is 0 Å². The van der Waals surface area contributed by atoms with Crippen molar-refractivity contribution in [3.63, 3.8) is 0 Å². The Hall–Kier alpha value is -1.47. The highest BCUT2D eigenvalue weighted by Crippen LogP contribution is 2.15. The molecule has 0 N–H and O–H groups in total. The Morgan fingerprint density at radius 2 is 1.83 bits per heavy atom. The van der Waals surface area contributed by atoms with Gasteiger partial charge in [-0.1, -0.05) is 19.1 Å². The lowest BCUT2D eigenvalue weighted by molar-refractivity contribution is -0.131. The van der Waals surface area contributed by atoms with Crippen LogP contribution >= 0.6 is 0 Å². The maximum Gasteiger partial charge on any atom is 0.222 e. The van der Waals surface area contributed by atoms with Gasteiger partial charge in [0.25, 0.3) is 0 Å². The van der Waals surface area contributed by atoms with E-state index in [0.29, 0.717) is 44.6 Å². The van der Waals surface area contributed by atoms with Crippen LogP contribution < -0.4 is 0 Å². The molecule has 2 rings (SSSR count). The van der Waals surface area contributed by atoms with Crippen LogP contribution in [0, 0.1) is 5.82 Å². The van der Waals surface area contributed by atoms with Crippen molar-refractivity contribution in [2.75, 3.05) is 26.2 Å². The molecular weight excluding hydrogens is 319 g/mol. The highest BCUT2D eigenvalue weighted by atomic mass is 32.2. The van der Waals surface area contributed by atoms with Crippen LogP contribution in [-0.2, 0) is 20.6 Å². The predicted molar refractivity (Wildman–Crippen MR) is 86.7 cm³/mol. The Morgan fingerprint density at radius 1 is 1.13 bits per heavy atom. The van der Waals surface area contributed by atoms with Crippen LogP contribution in [0.2, 0.25) is 0 Å². The lowest BCUT2D eigenvalue weighted by atomic mass is 10.2. The van der Waals surface area contributed by atoms with E-state index in [4.69, 9.17) is 0 Å². The standard InChI is InChI=1S/C16H23FN2O3S/c1-2-4-16(20)18-9-3-10-19(12-11-18)23(21,22)13-14-5-7-15(17)8-6-14/h5-8H,2-4,9-13H2,1H3. The van der Waals surface area contributed by atoms with Crippen LogP contribution in [-0.4, -0.2) is 49.7 Å². The number of sulfonamides is 1. The average Bonchev–Trinajstić information content (AvgIpc) is 2.76. The Balaban J connectivity index is 2.00. The van der Waals surface area contributed by atoms with Gasteiger partial charge in [0.05, 0.1) is 5.75 Å². The largest absolute Gasteiger partial charge is 0.341 e. The van der Waals surface area contributed by atoms with Gasteiger partial charge >= 0.3 is 0 Å². The second-order valence-electron chi connectivity index (χ2n) is 5.77. The van der Waals surface area contributed by atoms with E-state index in [1.54, 1.807) is 4.90 Å². The third-order valence-electron chi connectivity index (χ3n) is 3.93. The smallest absolute Gasteiger partial charge is 0.222 e. The number of carbonyl (C=O) groups is 1. The summed E-state index contributed by atoms with van der Waals surface area (Å²) in [5.41, 5.74) is 0.564. The van der Waals surface area contributed by atoms with Gasteiger partial charge in [0, 0.05) is 32.6 Å². The van der Waals surface area contributed by atoms with Crippen LogP contribution in [0.25, 0.3) is 0 Å². The Kier molecular flexibility index (Phi) is 6.12. The maximum absolute atomic E-state index is 12.9. The summed E-state index contributed by atoms with van der Waals surface area (Å²) in [5, 5.41) is 0. The van der Waals surface area contributed by atoms with Crippen molar-refractivity contribution in [2.24, 2.45) is 0 Å². The summed E-state index contributed by atoms with van der Waals surface area (Å²) in [4.78, 5) is 13.7. The van der Waals surface area contributed by atoms with Crippen LogP contribution in [0.3, 0.4) is 0 Å². The molecule has 0 saturated carbocycles. The normalized spacial score (nSPS) is 17.0. The van der Waals surface area contributed by atoms with E-state index in [9.17, 15) is 17.6 Å². The quantitative estimate of drug-likeness (QED) is 0.822. The molecule has 5 nitrogen and oxygen atoms in total. The fourth-order valence-corrected chi connectivity index (χ4v) is 4.24. The Labute approximate surface area is 137 Å². The van der Waals surface area contributed by atoms with Gasteiger partial charge in [0.15, 0.2) is 0 Å². The number of benzene rings is 1. The van der Waals surface area contributed by atoms with Gasteiger partial charge in [-0.2, -0.15) is 4.31 Å². The lowest BCUT2D eigenvalue weighted by Gasteiger charge is -2.22. The number of carbonyl (C=O) groups excluding carboxylic acids is 1. The molecule has 1 saturated heterocycles. The first-order chi connectivity index (χ1) is 10.9. The van der Waals surface area contributed by atoms with Crippen LogP contribution in [0.15, 0.2) is 24.3 Å². The zero-order chi connectivity index (χ0) is 16.9. The molecule has 0 radical (unpaired) electrons. The molecule has 7 heteroatoms. The van der Waals surface area contributed by atoms with Crippen LogP contribution in [0.1, 0.15) is 31.7 Å². The molecule has 23 heavy (non-hydrogen) atoms. The molecule has 1 amide bonds. The second kappa shape index (κ2) is 7.88. The molecule has 0 unspecified atom stereocenters. The van der Waals surface area contributed by atoms with Crippen molar-refractivity contribution >= 4 is 15.9 Å². The van der Waals surface area contributed by atoms with Gasteiger partial charge in [-0.3, -0.25) is 4.79 Å². The minimum Gasteiger partial charge on any atom is -0.341 e. The van der Waals surface area contributed by atoms with Gasteiger partial charge < -0.3 is 4.90 Å². The van der Waals surface area contributed by atoms with E-state index >= 15 is 0 Å². The summed E-state index contributed by atoms with van der Waals surface area (Å²) >= 11 is 0. The molecule has 1 aromatic carbocycles. The first-order valence-electron chi connectivity index (χ1n) is 7.92. The minimum atomic E-state index is -3.46. The SMILES string of the molecule is CCCC(=O)N1CCCN(S(=O)(=O)Cc2ccc(F)cc2)CC1. The Bertz CT molecular complexity index is 631. The fourth-order valence-electron chi connectivity index (χ4n) is 2.68. The number of halogens is 1. The third kappa shape index (κ3) is 5.00. The molecule has 0 atom stereocenters. The molecule has 128 valence electrons. The highest BCUT2D eigenvalue weighted by Gasteiger charge is 2.26. The summed E-state index contributed by atoms with van der Waals surface area (Å²) < 4.78 is 39.4. The van der Waals surface area contributed by atoms with Crippen molar-refractivity contribution in [1.82, 2.24) is 9.21 Å². The van der Waals surface area contributed by atoms with Gasteiger partial charge in [-0.05, 0) is 30.5 Å². The van der Waals surface area contributed by atoms with Gasteiger partial charge in [0.2, 0.25) is 15.9 Å². The molecule has 1 aliphatic heterocycles. The Morgan fingerprint density at radius 3 is 2.48 bits per heavy atom. The number of amides is 1. The maximum atomic E-state index is 12.9. The number of nitrogens with zero attached hydrogens (tertiary/aromatic N) is 2. The topological polar surface area (TPSA) is 57.7 Å². The molecule has 1 fully saturated rings. The van der Waals surface area contributed by atoms with Gasteiger partial charge in [-0.25, -0.2) is 12.8 Å². The van der Waals surface area contributed by atoms with E-state index in [0.717, 1.165) is 6.42 Å². The molecule has 1 heterocycles. The monoisotopic (exact) mass is 342 g/mol. The van der Waals surface area contributed by atoms with E-state index in [1.165, 1.54) is 28.6 Å². The molecule has 0 aromatic heterocycles. The lowest BCUT2D eigenvalue weighted by Crippen LogP contribution is -2.37. The summed E-state index contributed by atoms with van der Waals surface area (Å²) in [5.74, 6) is -0.438. The van der Waals surface area contributed by atoms with Gasteiger partial charge in [-0.15, -0.1) is 0 Å². The molecule has 0 aliphatic carbocycles. The predicted octanol–water partition coefficient (Wildman–Crippen LogP) is 1.99. The average molecular weight is 342 g/mol. The van der Waals surface area contributed by atoms with Crippen molar-refractivity contribution in [3.05, 3.63) is 35.6 Å². The zero-order valence-corrected chi connectivity index (χ0v) is 14.2. The third-order valence-corrected chi connectivity index (χ3v) is 5.78. The molecule has 0 spiro atoms. The van der Waals surface area contributed by atoms with Crippen molar-refractivity contribution < 1.29 is 17.6 Å². The van der Waals surface area contributed by atoms with Crippen LogP contribution in [0.4, 0.5) is 4.39 Å². The van der Waals surface area contributed by atoms with E-state index < -0.39 is 10.0 Å². The number of hydrogen-bond donors (Lipinski definition) is 0. The summed E-state index contributed by atoms with van der Waals surface area (Å²) in [6.45, 7) is 3.72. The van der Waals surface area contributed by atoms with Crippen molar-refractivity contribution in [1.29, 1.82) is 0 Å². The van der Waals surface area contributed by atoms with Crippen molar-refractivity contribution in [3.8, 4) is 0 Å². The molecule has 1 aromatic rings.